The largest absolute Gasteiger partial charge is 0.484 e. The molecule has 0 unspecified atom stereocenters. The van der Waals surface area contributed by atoms with E-state index in [2.05, 4.69) is 11.4 Å². The van der Waals surface area contributed by atoms with E-state index in [1.54, 1.807) is 0 Å². The third kappa shape index (κ3) is 4.68. The van der Waals surface area contributed by atoms with E-state index in [0.717, 1.165) is 19.3 Å². The number of sulfonamides is 1. The van der Waals surface area contributed by atoms with Crippen LogP contribution in [0.3, 0.4) is 0 Å². The quantitative estimate of drug-likeness (QED) is 0.831. The van der Waals surface area contributed by atoms with Gasteiger partial charge in [0.2, 0.25) is 10.0 Å². The van der Waals surface area contributed by atoms with Crippen LogP contribution in [-0.4, -0.2) is 26.5 Å². The number of nitriles is 1. The minimum Gasteiger partial charge on any atom is -0.484 e. The van der Waals surface area contributed by atoms with Crippen LogP contribution in [0.4, 0.5) is 0 Å². The molecule has 8 heteroatoms. The molecule has 1 saturated carbocycles. The van der Waals surface area contributed by atoms with Crippen molar-refractivity contribution in [2.75, 3.05) is 6.61 Å². The first-order valence-corrected chi connectivity index (χ1v) is 8.87. The van der Waals surface area contributed by atoms with Crippen molar-refractivity contribution in [3.8, 4) is 11.8 Å². The highest BCUT2D eigenvalue weighted by atomic mass is 32.2. The molecule has 1 aromatic carbocycles. The van der Waals surface area contributed by atoms with Gasteiger partial charge in [0, 0.05) is 0 Å². The van der Waals surface area contributed by atoms with Gasteiger partial charge in [-0.15, -0.1) is 0 Å². The summed E-state index contributed by atoms with van der Waals surface area (Å²) >= 11 is 0. The maximum absolute atomic E-state index is 12.0. The molecule has 0 aliphatic heterocycles. The topological polar surface area (TPSA) is 122 Å². The first-order chi connectivity index (χ1) is 10.8. The molecule has 0 spiro atoms. The van der Waals surface area contributed by atoms with Crippen LogP contribution in [0.5, 0.6) is 5.75 Å². The molecule has 23 heavy (non-hydrogen) atoms. The summed E-state index contributed by atoms with van der Waals surface area (Å²) in [5, 5.41) is 17.1. The molecule has 0 bridgehead atoms. The van der Waals surface area contributed by atoms with Gasteiger partial charge in [0.05, 0.1) is 11.0 Å². The minimum absolute atomic E-state index is 0.0278. The lowest BCUT2D eigenvalue weighted by molar-refractivity contribution is -0.124. The third-order valence-corrected chi connectivity index (χ3v) is 4.75. The van der Waals surface area contributed by atoms with E-state index in [0.29, 0.717) is 18.6 Å². The Kier molecular flexibility index (Phi) is 5.23. The zero-order valence-electron chi connectivity index (χ0n) is 12.6. The molecular weight excluding hydrogens is 318 g/mol. The van der Waals surface area contributed by atoms with E-state index in [1.165, 1.54) is 24.3 Å². The van der Waals surface area contributed by atoms with Crippen molar-refractivity contribution in [1.82, 2.24) is 5.32 Å². The van der Waals surface area contributed by atoms with Gasteiger partial charge in [-0.05, 0) is 37.1 Å². The molecule has 1 aromatic rings. The van der Waals surface area contributed by atoms with Crippen LogP contribution in [0.1, 0.15) is 32.1 Å². The first kappa shape index (κ1) is 17.2. The van der Waals surface area contributed by atoms with Gasteiger partial charge in [-0.2, -0.15) is 5.26 Å². The Morgan fingerprint density at radius 1 is 1.26 bits per heavy atom. The van der Waals surface area contributed by atoms with Crippen LogP contribution in [0.25, 0.3) is 0 Å². The molecule has 0 radical (unpaired) electrons. The van der Waals surface area contributed by atoms with Crippen LogP contribution in [0.15, 0.2) is 29.2 Å². The van der Waals surface area contributed by atoms with Crippen molar-refractivity contribution in [2.45, 2.75) is 42.5 Å². The number of nitrogens with two attached hydrogens (primary N) is 1. The van der Waals surface area contributed by atoms with E-state index < -0.39 is 15.6 Å². The molecule has 3 N–H and O–H groups in total. The summed E-state index contributed by atoms with van der Waals surface area (Å²) in [7, 11) is -3.75. The molecule has 1 aliphatic carbocycles. The van der Waals surface area contributed by atoms with E-state index in [1.807, 2.05) is 0 Å². The fourth-order valence-electron chi connectivity index (χ4n) is 2.60. The SMILES string of the molecule is N#CC1(NC(=O)COc2ccc(S(N)(=O)=O)cc2)CCCCC1. The number of hydrogen-bond donors (Lipinski definition) is 2. The zero-order chi connectivity index (χ0) is 16.9. The lowest BCUT2D eigenvalue weighted by Gasteiger charge is -2.31. The Labute approximate surface area is 135 Å². The molecule has 0 aromatic heterocycles. The van der Waals surface area contributed by atoms with Gasteiger partial charge in [0.1, 0.15) is 11.3 Å². The molecule has 1 fully saturated rings. The number of nitrogens with one attached hydrogen (secondary N) is 1. The molecule has 2 rings (SSSR count). The second-order valence-electron chi connectivity index (χ2n) is 5.61. The molecule has 0 saturated heterocycles. The number of nitrogens with zero attached hydrogens (tertiary/aromatic N) is 1. The van der Waals surface area contributed by atoms with Crippen LogP contribution < -0.4 is 15.2 Å². The molecule has 1 aliphatic rings. The van der Waals surface area contributed by atoms with Crippen LogP contribution in [-0.2, 0) is 14.8 Å². The summed E-state index contributed by atoms with van der Waals surface area (Å²) in [6.45, 7) is -0.238. The van der Waals surface area contributed by atoms with Crippen molar-refractivity contribution in [1.29, 1.82) is 5.26 Å². The van der Waals surface area contributed by atoms with Crippen molar-refractivity contribution in [3.05, 3.63) is 24.3 Å². The number of hydrogen-bond acceptors (Lipinski definition) is 5. The minimum atomic E-state index is -3.75. The highest BCUT2D eigenvalue weighted by molar-refractivity contribution is 7.89. The molecule has 0 heterocycles. The molecule has 124 valence electrons. The predicted molar refractivity (Wildman–Crippen MR) is 82.9 cm³/mol. The summed E-state index contributed by atoms with van der Waals surface area (Å²) in [4.78, 5) is 11.9. The van der Waals surface area contributed by atoms with E-state index in [9.17, 15) is 18.5 Å². The van der Waals surface area contributed by atoms with E-state index >= 15 is 0 Å². The summed E-state index contributed by atoms with van der Waals surface area (Å²) in [6.07, 6.45) is 4.22. The number of rotatable bonds is 5. The lowest BCUT2D eigenvalue weighted by atomic mass is 9.83. The number of ether oxygens (including phenoxy) is 1. The summed E-state index contributed by atoms with van der Waals surface area (Å²) < 4.78 is 27.6. The van der Waals surface area contributed by atoms with Gasteiger partial charge in [-0.1, -0.05) is 19.3 Å². The number of benzene rings is 1. The lowest BCUT2D eigenvalue weighted by Crippen LogP contribution is -2.50. The van der Waals surface area contributed by atoms with Crippen LogP contribution in [0.2, 0.25) is 0 Å². The van der Waals surface area contributed by atoms with Gasteiger partial charge >= 0.3 is 0 Å². The predicted octanol–water partition coefficient (Wildman–Crippen LogP) is 1.06. The third-order valence-electron chi connectivity index (χ3n) is 3.82. The number of amides is 1. The van der Waals surface area contributed by atoms with Crippen LogP contribution >= 0.6 is 0 Å². The fourth-order valence-corrected chi connectivity index (χ4v) is 3.11. The summed E-state index contributed by atoms with van der Waals surface area (Å²) in [5.74, 6) is -0.0221. The zero-order valence-corrected chi connectivity index (χ0v) is 13.4. The van der Waals surface area contributed by atoms with E-state index in [4.69, 9.17) is 9.88 Å². The highest BCUT2D eigenvalue weighted by Crippen LogP contribution is 2.27. The molecule has 7 nitrogen and oxygen atoms in total. The Balaban J connectivity index is 1.90. The van der Waals surface area contributed by atoms with Gasteiger partial charge in [-0.25, -0.2) is 13.6 Å². The second-order valence-corrected chi connectivity index (χ2v) is 7.17. The van der Waals surface area contributed by atoms with E-state index in [-0.39, 0.29) is 17.4 Å². The standard InChI is InChI=1S/C15H19N3O4S/c16-11-15(8-2-1-3-9-15)18-14(19)10-22-12-4-6-13(7-5-12)23(17,20)21/h4-7H,1-3,8-10H2,(H,18,19)(H2,17,20,21). The Morgan fingerprint density at radius 3 is 2.39 bits per heavy atom. The Bertz CT molecular complexity index is 701. The monoisotopic (exact) mass is 337 g/mol. The van der Waals surface area contributed by atoms with Gasteiger partial charge in [-0.3, -0.25) is 4.79 Å². The van der Waals surface area contributed by atoms with Crippen molar-refractivity contribution in [3.63, 3.8) is 0 Å². The number of carbonyl (C=O) groups excluding carboxylic acids is 1. The Hall–Kier alpha value is -2.11. The maximum Gasteiger partial charge on any atom is 0.259 e. The smallest absolute Gasteiger partial charge is 0.259 e. The normalized spacial score (nSPS) is 17.0. The molecule has 0 atom stereocenters. The highest BCUT2D eigenvalue weighted by Gasteiger charge is 2.33. The van der Waals surface area contributed by atoms with Crippen LogP contribution in [0, 0.1) is 11.3 Å². The maximum atomic E-state index is 12.0. The number of primary sulfonamides is 1. The summed E-state index contributed by atoms with van der Waals surface area (Å²) in [5.41, 5.74) is -0.795. The van der Waals surface area contributed by atoms with Gasteiger partial charge in [0.25, 0.3) is 5.91 Å². The van der Waals surface area contributed by atoms with Crippen molar-refractivity contribution < 1.29 is 17.9 Å². The van der Waals surface area contributed by atoms with Crippen molar-refractivity contribution in [2.24, 2.45) is 5.14 Å². The van der Waals surface area contributed by atoms with Gasteiger partial charge in [0.15, 0.2) is 6.61 Å². The number of carbonyl (C=O) groups is 1. The van der Waals surface area contributed by atoms with Crippen molar-refractivity contribution >= 4 is 15.9 Å². The summed E-state index contributed by atoms with van der Waals surface area (Å²) in [6, 6.07) is 7.66. The fraction of sp³-hybridized carbons (Fsp3) is 0.467. The Morgan fingerprint density at radius 2 is 1.87 bits per heavy atom. The molecule has 1 amide bonds. The average molecular weight is 337 g/mol. The second kappa shape index (κ2) is 6.98. The first-order valence-electron chi connectivity index (χ1n) is 7.33. The van der Waals surface area contributed by atoms with Gasteiger partial charge < -0.3 is 10.1 Å². The average Bonchev–Trinajstić information content (AvgIpc) is 2.53. The molecular formula is C15H19N3O4S.